The lowest BCUT2D eigenvalue weighted by atomic mass is 9.98. The Morgan fingerprint density at radius 2 is 1.30 bits per heavy atom. The highest BCUT2D eigenvalue weighted by molar-refractivity contribution is 7.10. The Kier molecular flexibility index (Phi) is 12.1. The van der Waals surface area contributed by atoms with Crippen molar-refractivity contribution in [1.29, 1.82) is 0 Å². The van der Waals surface area contributed by atoms with E-state index in [4.69, 9.17) is 19.5 Å². The topological polar surface area (TPSA) is 185 Å². The van der Waals surface area contributed by atoms with Crippen LogP contribution in [-0.2, 0) is 25.5 Å². The lowest BCUT2D eigenvalue weighted by Crippen LogP contribution is -2.45. The van der Waals surface area contributed by atoms with Gasteiger partial charge in [-0.05, 0) is 51.0 Å². The van der Waals surface area contributed by atoms with Crippen LogP contribution in [0.15, 0.2) is 51.1 Å². The van der Waals surface area contributed by atoms with E-state index in [0.717, 1.165) is 5.56 Å². The van der Waals surface area contributed by atoms with E-state index in [-0.39, 0.29) is 46.8 Å². The Labute approximate surface area is 323 Å². The van der Waals surface area contributed by atoms with Crippen molar-refractivity contribution in [2.75, 3.05) is 0 Å². The van der Waals surface area contributed by atoms with E-state index in [0.29, 0.717) is 29.3 Å². The number of benzene rings is 1. The van der Waals surface area contributed by atoms with E-state index < -0.39 is 60.3 Å². The van der Waals surface area contributed by atoms with Crippen LogP contribution in [0.2, 0.25) is 0 Å². The number of carbonyl (C=O) groups excluding carboxylic acids is 4. The van der Waals surface area contributed by atoms with Crippen molar-refractivity contribution >= 4 is 58.1 Å². The summed E-state index contributed by atoms with van der Waals surface area (Å²) in [7, 11) is 0. The molecule has 4 amide bonds. The van der Waals surface area contributed by atoms with Crippen LogP contribution in [0.4, 0.5) is 0 Å². The fourth-order valence-electron chi connectivity index (χ4n) is 6.56. The first kappa shape index (κ1) is 39.0. The molecule has 6 rings (SSSR count). The third-order valence-corrected chi connectivity index (χ3v) is 11.8. The predicted octanol–water partition coefficient (Wildman–Crippen LogP) is 4.55. The van der Waals surface area contributed by atoms with Crippen molar-refractivity contribution in [3.8, 4) is 0 Å². The molecule has 14 nitrogen and oxygen atoms in total. The number of nitrogens with one attached hydrogen (secondary N) is 4. The molecule has 5 heterocycles. The Hall–Kier alpha value is -4.70. The molecule has 54 heavy (non-hydrogen) atoms. The second kappa shape index (κ2) is 16.8. The highest BCUT2D eigenvalue weighted by atomic mass is 32.1. The van der Waals surface area contributed by atoms with Crippen molar-refractivity contribution in [2.24, 2.45) is 21.8 Å². The van der Waals surface area contributed by atoms with Gasteiger partial charge in [0.2, 0.25) is 23.6 Å². The van der Waals surface area contributed by atoms with Crippen molar-refractivity contribution < 1.29 is 28.7 Å². The third-order valence-electron chi connectivity index (χ3n) is 9.78. The first-order valence-corrected chi connectivity index (χ1v) is 20.2. The molecule has 4 N–H and O–H groups in total. The Morgan fingerprint density at radius 3 is 1.94 bits per heavy atom. The van der Waals surface area contributed by atoms with E-state index in [2.05, 4.69) is 31.2 Å². The fourth-order valence-corrected chi connectivity index (χ4v) is 8.21. The summed E-state index contributed by atoms with van der Waals surface area (Å²) in [4.78, 5) is 73.6. The van der Waals surface area contributed by atoms with Gasteiger partial charge in [-0.25, -0.2) is 20.0 Å². The van der Waals surface area contributed by atoms with Crippen LogP contribution in [0.3, 0.4) is 0 Å². The average Bonchev–Trinajstić information content (AvgIpc) is 3.96. The normalized spacial score (nSPS) is 28.4. The highest BCUT2D eigenvalue weighted by Gasteiger charge is 2.41. The van der Waals surface area contributed by atoms with Gasteiger partial charge in [0.05, 0.1) is 12.1 Å². The summed E-state index contributed by atoms with van der Waals surface area (Å²) >= 11 is 2.53. The van der Waals surface area contributed by atoms with Crippen molar-refractivity contribution in [3.63, 3.8) is 0 Å². The minimum atomic E-state index is -0.888. The maximum Gasteiger partial charge on any atom is 0.271 e. The smallest absolute Gasteiger partial charge is 0.271 e. The number of hydrogen-bond acceptors (Lipinski definition) is 12. The largest absolute Gasteiger partial charge is 0.474 e. The van der Waals surface area contributed by atoms with Crippen LogP contribution in [-0.4, -0.2) is 81.8 Å². The lowest BCUT2D eigenvalue weighted by Gasteiger charge is -2.24. The van der Waals surface area contributed by atoms with Gasteiger partial charge in [-0.2, -0.15) is 0 Å². The van der Waals surface area contributed by atoms with E-state index in [1.807, 2.05) is 58.0 Å². The zero-order chi connectivity index (χ0) is 38.7. The summed E-state index contributed by atoms with van der Waals surface area (Å²) in [6.07, 6.45) is 0.442. The van der Waals surface area contributed by atoms with Crippen molar-refractivity contribution in [2.45, 2.75) is 116 Å². The quantitative estimate of drug-likeness (QED) is 0.281. The number of carbonyl (C=O) groups is 4. The molecule has 8 bridgehead atoms. The number of hydrogen-bond donors (Lipinski definition) is 4. The molecule has 1 unspecified atom stereocenters. The molecule has 9 atom stereocenters. The molecule has 3 aromatic rings. The van der Waals surface area contributed by atoms with Crippen LogP contribution >= 0.6 is 22.7 Å². The SMILES string of the molecule is CCC(C)[C@@H]1NC(=O)c2csc(n2)[C@@H](C)NC(=O)[C@H]2N=C(O[C@@H]2C)[C@H](CC(C)C)NC(=O)c2csc(n2)[C@@H](Cc2ccccc2)NC(=O)[C@H]2N=C1O[C@@H]2C. The second-order valence-corrected chi connectivity index (χ2v) is 16.4. The van der Waals surface area contributed by atoms with Crippen LogP contribution in [0.5, 0.6) is 0 Å². The molecule has 16 heteroatoms. The fraction of sp³-hybridized carbons (Fsp3) is 0.526. The molecule has 0 spiro atoms. The molecule has 0 saturated carbocycles. The minimum absolute atomic E-state index is 0.0801. The molecule has 1 aromatic carbocycles. The van der Waals surface area contributed by atoms with E-state index in [1.54, 1.807) is 31.5 Å². The molecule has 3 aliphatic heterocycles. The number of thiazole rings is 2. The molecule has 0 aliphatic carbocycles. The number of rotatable bonds is 6. The summed E-state index contributed by atoms with van der Waals surface area (Å²) in [6.45, 7) is 13.4. The van der Waals surface area contributed by atoms with E-state index >= 15 is 0 Å². The number of amides is 4. The van der Waals surface area contributed by atoms with Gasteiger partial charge in [-0.3, -0.25) is 19.2 Å². The van der Waals surface area contributed by atoms with E-state index in [1.165, 1.54) is 22.7 Å². The summed E-state index contributed by atoms with van der Waals surface area (Å²) in [5.41, 5.74) is 1.35. The number of aliphatic imine (C=N–C) groups is 2. The molecule has 0 radical (unpaired) electrons. The monoisotopic (exact) mass is 776 g/mol. The standard InChI is InChI=1S/C38H48N8O6S2/c1-8-19(4)28-36-46-30(22(7)52-36)34(50)41-25(15-23-12-10-9-11-13-23)38-43-26(17-54-38)31(47)40-24(14-18(2)3)35-45-29(21(6)51-35)33(49)39-20(5)37-42-27(16-53-37)32(48)44-28/h9-13,16-22,24-25,28-30H,8,14-15H2,1-7H3,(H,39,49)(H,40,47)(H,41,50)(H,44,48)/t19?,20-,21-,22-,24+,25-,28+,29+,30+/m1/s1. The van der Waals surface area contributed by atoms with Gasteiger partial charge in [0, 0.05) is 10.8 Å². The zero-order valence-corrected chi connectivity index (χ0v) is 33.1. The molecule has 2 aromatic heterocycles. The molecule has 0 fully saturated rings. The maximum absolute atomic E-state index is 14.0. The number of nitrogens with zero attached hydrogens (tertiary/aromatic N) is 4. The van der Waals surface area contributed by atoms with Gasteiger partial charge >= 0.3 is 0 Å². The van der Waals surface area contributed by atoms with Gasteiger partial charge in [0.1, 0.15) is 45.7 Å². The first-order valence-electron chi connectivity index (χ1n) is 18.5. The van der Waals surface area contributed by atoms with Gasteiger partial charge in [-0.1, -0.05) is 64.4 Å². The van der Waals surface area contributed by atoms with Crippen molar-refractivity contribution in [1.82, 2.24) is 31.2 Å². The van der Waals surface area contributed by atoms with Gasteiger partial charge < -0.3 is 30.7 Å². The molecular formula is C38H48N8O6S2. The third kappa shape index (κ3) is 8.81. The van der Waals surface area contributed by atoms with Gasteiger partial charge in [-0.15, -0.1) is 22.7 Å². The number of aromatic nitrogens is 2. The van der Waals surface area contributed by atoms with Crippen LogP contribution in [0, 0.1) is 11.8 Å². The molecule has 288 valence electrons. The molecule has 3 aliphatic rings. The maximum atomic E-state index is 14.0. The van der Waals surface area contributed by atoms with E-state index in [9.17, 15) is 19.2 Å². The van der Waals surface area contributed by atoms with Crippen LogP contribution in [0.1, 0.15) is 110 Å². The Balaban J connectivity index is 1.37. The number of ether oxygens (including phenoxy) is 2. The van der Waals surface area contributed by atoms with Crippen LogP contribution in [0.25, 0.3) is 0 Å². The van der Waals surface area contributed by atoms with Crippen molar-refractivity contribution in [3.05, 3.63) is 68.1 Å². The van der Waals surface area contributed by atoms with Gasteiger partial charge in [0.25, 0.3) is 11.8 Å². The Morgan fingerprint density at radius 1 is 0.722 bits per heavy atom. The number of fused-ring (bicyclic) bond motifs is 6. The summed E-state index contributed by atoms with van der Waals surface area (Å²) in [5, 5.41) is 16.6. The molecule has 0 saturated heterocycles. The average molecular weight is 777 g/mol. The second-order valence-electron chi connectivity index (χ2n) is 14.6. The summed E-state index contributed by atoms with van der Waals surface area (Å²) in [6, 6.07) is 5.63. The Bertz CT molecular complexity index is 1910. The highest BCUT2D eigenvalue weighted by Crippen LogP contribution is 2.27. The minimum Gasteiger partial charge on any atom is -0.474 e. The molecular weight excluding hydrogens is 729 g/mol. The van der Waals surface area contributed by atoms with Crippen LogP contribution < -0.4 is 21.3 Å². The predicted molar refractivity (Wildman–Crippen MR) is 207 cm³/mol. The lowest BCUT2D eigenvalue weighted by molar-refractivity contribution is -0.125. The first-order chi connectivity index (χ1) is 25.8. The zero-order valence-electron chi connectivity index (χ0n) is 31.5. The summed E-state index contributed by atoms with van der Waals surface area (Å²) in [5.74, 6) is -0.939. The van der Waals surface area contributed by atoms with Gasteiger partial charge in [0.15, 0.2) is 12.1 Å². The summed E-state index contributed by atoms with van der Waals surface area (Å²) < 4.78 is 12.3.